The number of sulfonamides is 1. The minimum atomic E-state index is -3.14. The van der Waals surface area contributed by atoms with Crippen LogP contribution in [0.1, 0.15) is 6.42 Å². The minimum Gasteiger partial charge on any atom is -0.495 e. The van der Waals surface area contributed by atoms with E-state index in [-0.39, 0.29) is 0 Å². The van der Waals surface area contributed by atoms with Crippen LogP contribution in [-0.2, 0) is 10.0 Å². The van der Waals surface area contributed by atoms with E-state index in [0.717, 1.165) is 27.6 Å². The van der Waals surface area contributed by atoms with Gasteiger partial charge in [0.15, 0.2) is 0 Å². The largest absolute Gasteiger partial charge is 0.495 e. The first kappa shape index (κ1) is 17.6. The maximum absolute atomic E-state index is 11.0. The Labute approximate surface area is 149 Å². The molecular formula is C14H18N6O3S2. The molecule has 3 heterocycles. The van der Waals surface area contributed by atoms with Crippen LogP contribution in [0.15, 0.2) is 24.7 Å². The van der Waals surface area contributed by atoms with Crippen molar-refractivity contribution in [3.63, 3.8) is 0 Å². The quantitative estimate of drug-likeness (QED) is 0.563. The number of ether oxygens (including phenoxy) is 1. The van der Waals surface area contributed by atoms with E-state index in [1.54, 1.807) is 24.0 Å². The van der Waals surface area contributed by atoms with Crippen molar-refractivity contribution < 1.29 is 13.2 Å². The van der Waals surface area contributed by atoms with E-state index in [0.29, 0.717) is 25.3 Å². The van der Waals surface area contributed by atoms with Crippen molar-refractivity contribution in [3.05, 3.63) is 24.7 Å². The van der Waals surface area contributed by atoms with E-state index < -0.39 is 10.0 Å². The molecule has 0 atom stereocenters. The van der Waals surface area contributed by atoms with Gasteiger partial charge in [-0.1, -0.05) is 11.3 Å². The number of imidazole rings is 1. The first-order valence-corrected chi connectivity index (χ1v) is 10.2. The van der Waals surface area contributed by atoms with Gasteiger partial charge < -0.3 is 10.1 Å². The molecule has 0 unspecified atom stereocenters. The van der Waals surface area contributed by atoms with Gasteiger partial charge in [-0.2, -0.15) is 0 Å². The van der Waals surface area contributed by atoms with Gasteiger partial charge in [0.05, 0.1) is 31.5 Å². The first-order chi connectivity index (χ1) is 11.9. The lowest BCUT2D eigenvalue weighted by atomic mass is 10.2. The highest BCUT2D eigenvalue weighted by atomic mass is 32.2. The Bertz CT molecular complexity index is 935. The molecule has 0 spiro atoms. The van der Waals surface area contributed by atoms with Crippen LogP contribution in [0.5, 0.6) is 5.75 Å². The van der Waals surface area contributed by atoms with E-state index >= 15 is 0 Å². The van der Waals surface area contributed by atoms with Crippen LogP contribution in [0, 0.1) is 0 Å². The molecule has 0 bridgehead atoms. The molecule has 25 heavy (non-hydrogen) atoms. The lowest BCUT2D eigenvalue weighted by Gasteiger charge is -2.03. The molecule has 3 aromatic heterocycles. The summed E-state index contributed by atoms with van der Waals surface area (Å²) in [6.45, 7) is 1.01. The molecule has 0 radical (unpaired) electrons. The zero-order chi connectivity index (χ0) is 17.9. The monoisotopic (exact) mass is 382 g/mol. The number of fused-ring (bicyclic) bond motifs is 1. The van der Waals surface area contributed by atoms with E-state index in [2.05, 4.69) is 25.1 Å². The SMILES string of the molecule is COc1cncc(-c2cn3nc(NCCCNS(C)(=O)=O)sc3n2)c1. The van der Waals surface area contributed by atoms with Gasteiger partial charge in [0.25, 0.3) is 0 Å². The lowest BCUT2D eigenvalue weighted by Crippen LogP contribution is -2.24. The van der Waals surface area contributed by atoms with E-state index in [9.17, 15) is 8.42 Å². The normalized spacial score (nSPS) is 11.8. The Kier molecular flexibility index (Phi) is 5.16. The van der Waals surface area contributed by atoms with Gasteiger partial charge in [0.1, 0.15) is 5.75 Å². The number of hydrogen-bond acceptors (Lipinski definition) is 8. The number of pyridine rings is 1. The van der Waals surface area contributed by atoms with Gasteiger partial charge in [-0.25, -0.2) is 22.6 Å². The van der Waals surface area contributed by atoms with Crippen molar-refractivity contribution in [1.29, 1.82) is 0 Å². The molecule has 3 aromatic rings. The van der Waals surface area contributed by atoms with Crippen LogP contribution in [0.3, 0.4) is 0 Å². The van der Waals surface area contributed by atoms with E-state index in [1.165, 1.54) is 11.3 Å². The van der Waals surface area contributed by atoms with Gasteiger partial charge in [-0.05, 0) is 12.5 Å². The summed E-state index contributed by atoms with van der Waals surface area (Å²) in [6.07, 6.45) is 7.00. The standard InChI is InChI=1S/C14H18N6O3S2/c1-23-11-6-10(7-15-8-11)12-9-20-14(18-12)24-13(19-20)16-4-3-5-17-25(2,21)22/h6-9,17H,3-5H2,1-2H3,(H,16,19). The Hall–Kier alpha value is -2.24. The summed E-state index contributed by atoms with van der Waals surface area (Å²) in [5.41, 5.74) is 1.63. The third-order valence-electron chi connectivity index (χ3n) is 3.28. The zero-order valence-electron chi connectivity index (χ0n) is 13.8. The summed E-state index contributed by atoms with van der Waals surface area (Å²) >= 11 is 1.43. The van der Waals surface area contributed by atoms with Crippen LogP contribution < -0.4 is 14.8 Å². The molecule has 11 heteroatoms. The fraction of sp³-hybridized carbons (Fsp3) is 0.357. The molecule has 0 saturated heterocycles. The highest BCUT2D eigenvalue weighted by Gasteiger charge is 2.10. The number of aromatic nitrogens is 4. The van der Waals surface area contributed by atoms with Crippen molar-refractivity contribution >= 4 is 31.5 Å². The fourth-order valence-corrected chi connectivity index (χ4v) is 3.44. The fourth-order valence-electron chi connectivity index (χ4n) is 2.12. The van der Waals surface area contributed by atoms with Crippen LogP contribution in [0.4, 0.5) is 5.13 Å². The Morgan fingerprint density at radius 1 is 1.32 bits per heavy atom. The first-order valence-electron chi connectivity index (χ1n) is 7.49. The Morgan fingerprint density at radius 2 is 2.16 bits per heavy atom. The summed E-state index contributed by atoms with van der Waals surface area (Å²) in [6, 6.07) is 1.87. The smallest absolute Gasteiger partial charge is 0.214 e. The van der Waals surface area contributed by atoms with Crippen molar-refractivity contribution in [1.82, 2.24) is 24.3 Å². The van der Waals surface area contributed by atoms with Gasteiger partial charge in [0, 0.05) is 24.8 Å². The molecule has 0 saturated carbocycles. The summed E-state index contributed by atoms with van der Waals surface area (Å²) in [4.78, 5) is 9.43. The predicted octanol–water partition coefficient (Wildman–Crippen LogP) is 1.21. The molecule has 0 aliphatic carbocycles. The average Bonchev–Trinajstić information content (AvgIpc) is 3.12. The number of methoxy groups -OCH3 is 1. The molecule has 0 aliphatic heterocycles. The maximum atomic E-state index is 11.0. The molecular weight excluding hydrogens is 364 g/mol. The second-order valence-corrected chi connectivity index (χ2v) is 8.11. The van der Waals surface area contributed by atoms with Crippen molar-refractivity contribution in [2.45, 2.75) is 6.42 Å². The van der Waals surface area contributed by atoms with Crippen molar-refractivity contribution in [2.75, 3.05) is 31.8 Å². The molecule has 0 amide bonds. The maximum Gasteiger partial charge on any atom is 0.214 e. The Morgan fingerprint density at radius 3 is 2.88 bits per heavy atom. The van der Waals surface area contributed by atoms with Crippen molar-refractivity contribution in [2.24, 2.45) is 0 Å². The lowest BCUT2D eigenvalue weighted by molar-refractivity contribution is 0.413. The molecule has 2 N–H and O–H groups in total. The Balaban J connectivity index is 1.61. The van der Waals surface area contributed by atoms with Gasteiger partial charge in [0.2, 0.25) is 20.1 Å². The number of anilines is 1. The molecule has 0 fully saturated rings. The third-order valence-corrected chi connectivity index (χ3v) is 4.89. The highest BCUT2D eigenvalue weighted by Crippen LogP contribution is 2.25. The predicted molar refractivity (Wildman–Crippen MR) is 96.6 cm³/mol. The summed E-state index contributed by atoms with van der Waals surface area (Å²) in [5.74, 6) is 0.673. The third kappa shape index (κ3) is 4.65. The summed E-state index contributed by atoms with van der Waals surface area (Å²) in [7, 11) is -1.54. The molecule has 9 nitrogen and oxygen atoms in total. The van der Waals surface area contributed by atoms with Crippen LogP contribution >= 0.6 is 11.3 Å². The van der Waals surface area contributed by atoms with Crippen LogP contribution in [-0.4, -0.2) is 54.5 Å². The van der Waals surface area contributed by atoms with Crippen LogP contribution in [0.2, 0.25) is 0 Å². The van der Waals surface area contributed by atoms with E-state index in [4.69, 9.17) is 4.74 Å². The number of nitrogens with one attached hydrogen (secondary N) is 2. The average molecular weight is 382 g/mol. The summed E-state index contributed by atoms with van der Waals surface area (Å²) in [5, 5.41) is 8.32. The van der Waals surface area contributed by atoms with Gasteiger partial charge >= 0.3 is 0 Å². The second-order valence-electron chi connectivity index (χ2n) is 5.32. The van der Waals surface area contributed by atoms with Crippen LogP contribution in [0.25, 0.3) is 16.2 Å². The number of hydrogen-bond donors (Lipinski definition) is 2. The number of nitrogens with zero attached hydrogens (tertiary/aromatic N) is 4. The summed E-state index contributed by atoms with van der Waals surface area (Å²) < 4.78 is 31.3. The topological polar surface area (TPSA) is 111 Å². The highest BCUT2D eigenvalue weighted by molar-refractivity contribution is 7.88. The van der Waals surface area contributed by atoms with Crippen molar-refractivity contribution in [3.8, 4) is 17.0 Å². The van der Waals surface area contributed by atoms with E-state index in [1.807, 2.05) is 12.3 Å². The second kappa shape index (κ2) is 7.33. The zero-order valence-corrected chi connectivity index (χ0v) is 15.4. The molecule has 0 aromatic carbocycles. The molecule has 0 aliphatic rings. The minimum absolute atomic E-state index is 0.390. The number of rotatable bonds is 8. The van der Waals surface area contributed by atoms with Gasteiger partial charge in [-0.15, -0.1) is 5.10 Å². The van der Waals surface area contributed by atoms with Gasteiger partial charge in [-0.3, -0.25) is 4.98 Å². The molecule has 3 rings (SSSR count). The molecule has 134 valence electrons.